The number of rotatable bonds is 10. The van der Waals surface area contributed by atoms with Gasteiger partial charge >= 0.3 is 0 Å². The second kappa shape index (κ2) is 13.0. The van der Waals surface area contributed by atoms with Crippen molar-refractivity contribution in [2.75, 3.05) is 13.2 Å². The summed E-state index contributed by atoms with van der Waals surface area (Å²) in [6.45, 7) is 12.8. The van der Waals surface area contributed by atoms with Crippen LogP contribution in [0.4, 0.5) is 0 Å². The van der Waals surface area contributed by atoms with Crippen LogP contribution in [0.3, 0.4) is 0 Å². The summed E-state index contributed by atoms with van der Waals surface area (Å²) in [5.41, 5.74) is 1.84. The SMILES string of the molecule is CCC(C(=O)NCC(C)C)N(Cc1ccc(Cl)cc1Cl)C(=O)COc1ccc(C(C)(C)C)cc1Br. The second-order valence-corrected chi connectivity index (χ2v) is 11.7. The molecule has 8 heteroatoms. The van der Waals surface area contributed by atoms with Crippen LogP contribution in [-0.4, -0.2) is 35.9 Å². The number of hydrogen-bond acceptors (Lipinski definition) is 3. The van der Waals surface area contributed by atoms with Gasteiger partial charge < -0.3 is 15.0 Å². The molecule has 1 unspecified atom stereocenters. The predicted molar refractivity (Wildman–Crippen MR) is 147 cm³/mol. The summed E-state index contributed by atoms with van der Waals surface area (Å²) in [5, 5.41) is 3.89. The van der Waals surface area contributed by atoms with Crippen LogP contribution in [-0.2, 0) is 21.5 Å². The topological polar surface area (TPSA) is 58.6 Å². The highest BCUT2D eigenvalue weighted by atomic mass is 79.9. The average Bonchev–Trinajstić information content (AvgIpc) is 2.77. The highest BCUT2D eigenvalue weighted by Gasteiger charge is 2.29. The van der Waals surface area contributed by atoms with E-state index in [-0.39, 0.29) is 30.4 Å². The maximum atomic E-state index is 13.4. The maximum absolute atomic E-state index is 13.4. The van der Waals surface area contributed by atoms with Crippen molar-refractivity contribution in [1.82, 2.24) is 10.2 Å². The molecule has 0 fully saturated rings. The van der Waals surface area contributed by atoms with E-state index in [0.717, 1.165) is 10.0 Å². The van der Waals surface area contributed by atoms with Crippen LogP contribution in [0.25, 0.3) is 0 Å². The Labute approximate surface area is 227 Å². The zero-order chi connectivity index (χ0) is 26.3. The molecule has 2 aromatic rings. The van der Waals surface area contributed by atoms with E-state index in [1.165, 1.54) is 4.90 Å². The van der Waals surface area contributed by atoms with Crippen LogP contribution in [0, 0.1) is 5.92 Å². The molecule has 5 nitrogen and oxygen atoms in total. The number of amides is 2. The Hall–Kier alpha value is -1.76. The monoisotopic (exact) mass is 584 g/mol. The molecule has 2 aromatic carbocycles. The fourth-order valence-corrected chi connectivity index (χ4v) is 4.44. The van der Waals surface area contributed by atoms with E-state index in [0.29, 0.717) is 40.2 Å². The number of nitrogens with one attached hydrogen (secondary N) is 1. The molecule has 0 aliphatic rings. The van der Waals surface area contributed by atoms with Crippen molar-refractivity contribution in [3.05, 3.63) is 62.0 Å². The van der Waals surface area contributed by atoms with Gasteiger partial charge in [0.2, 0.25) is 5.91 Å². The van der Waals surface area contributed by atoms with Crippen molar-refractivity contribution in [2.24, 2.45) is 5.92 Å². The molecule has 0 spiro atoms. The van der Waals surface area contributed by atoms with Crippen molar-refractivity contribution in [1.29, 1.82) is 0 Å². The molecular formula is C27H35BrCl2N2O3. The number of halogens is 3. The first-order valence-electron chi connectivity index (χ1n) is 11.8. The molecule has 35 heavy (non-hydrogen) atoms. The minimum absolute atomic E-state index is 0.0107. The Balaban J connectivity index is 2.27. The molecular weight excluding hydrogens is 551 g/mol. The Morgan fingerprint density at radius 3 is 2.34 bits per heavy atom. The van der Waals surface area contributed by atoms with E-state index in [1.807, 2.05) is 39.0 Å². The highest BCUT2D eigenvalue weighted by Crippen LogP contribution is 2.31. The first kappa shape index (κ1) is 29.5. The first-order chi connectivity index (χ1) is 16.3. The van der Waals surface area contributed by atoms with Gasteiger partial charge in [-0.15, -0.1) is 0 Å². The Morgan fingerprint density at radius 1 is 1.11 bits per heavy atom. The van der Waals surface area contributed by atoms with E-state index in [4.69, 9.17) is 27.9 Å². The third kappa shape index (κ3) is 8.69. The van der Waals surface area contributed by atoms with Crippen LogP contribution >= 0.6 is 39.1 Å². The third-order valence-corrected chi connectivity index (χ3v) is 6.78. The summed E-state index contributed by atoms with van der Waals surface area (Å²) in [5.74, 6) is 0.348. The van der Waals surface area contributed by atoms with Crippen molar-refractivity contribution >= 4 is 50.9 Å². The molecule has 0 aliphatic heterocycles. The van der Waals surface area contributed by atoms with E-state index in [1.54, 1.807) is 18.2 Å². The molecule has 0 radical (unpaired) electrons. The largest absolute Gasteiger partial charge is 0.483 e. The second-order valence-electron chi connectivity index (χ2n) is 10.0. The molecule has 0 aromatic heterocycles. The van der Waals surface area contributed by atoms with E-state index in [9.17, 15) is 9.59 Å². The van der Waals surface area contributed by atoms with Gasteiger partial charge in [-0.1, -0.05) is 76.9 Å². The van der Waals surface area contributed by atoms with Crippen LogP contribution in [0.2, 0.25) is 10.0 Å². The maximum Gasteiger partial charge on any atom is 0.261 e. The van der Waals surface area contributed by atoms with Gasteiger partial charge in [-0.2, -0.15) is 0 Å². The summed E-state index contributed by atoms with van der Waals surface area (Å²) < 4.78 is 6.65. The summed E-state index contributed by atoms with van der Waals surface area (Å²) in [6.07, 6.45) is 0.449. The van der Waals surface area contributed by atoms with E-state index >= 15 is 0 Å². The minimum Gasteiger partial charge on any atom is -0.483 e. The number of nitrogens with zero attached hydrogens (tertiary/aromatic N) is 1. The van der Waals surface area contributed by atoms with Gasteiger partial charge in [0.1, 0.15) is 11.8 Å². The molecule has 0 bridgehead atoms. The summed E-state index contributed by atoms with van der Waals surface area (Å²) >= 11 is 16.0. The lowest BCUT2D eigenvalue weighted by molar-refractivity contribution is -0.143. The standard InChI is InChI=1S/C27H35BrCl2N2O3/c1-7-23(26(34)31-14-17(2)3)32(15-18-8-10-20(29)13-22(18)30)25(33)16-35-24-11-9-19(12-21(24)28)27(4,5)6/h8-13,17,23H,7,14-16H2,1-6H3,(H,31,34). The summed E-state index contributed by atoms with van der Waals surface area (Å²) in [4.78, 5) is 28.0. The van der Waals surface area contributed by atoms with Gasteiger partial charge in [0.25, 0.3) is 5.91 Å². The predicted octanol–water partition coefficient (Wildman–Crippen LogP) is 7.01. The van der Waals surface area contributed by atoms with Crippen LogP contribution in [0.1, 0.15) is 59.1 Å². The molecule has 2 rings (SSSR count). The first-order valence-corrected chi connectivity index (χ1v) is 13.3. The number of ether oxygens (including phenoxy) is 1. The van der Waals surface area contributed by atoms with Gasteiger partial charge in [-0.25, -0.2) is 0 Å². The summed E-state index contributed by atoms with van der Waals surface area (Å²) in [7, 11) is 0. The third-order valence-electron chi connectivity index (χ3n) is 5.58. The van der Waals surface area contributed by atoms with Crippen molar-refractivity contribution in [3.8, 4) is 5.75 Å². The fourth-order valence-electron chi connectivity index (χ4n) is 3.48. The smallest absolute Gasteiger partial charge is 0.261 e. The van der Waals surface area contributed by atoms with E-state index in [2.05, 4.69) is 42.0 Å². The number of benzene rings is 2. The van der Waals surface area contributed by atoms with Gasteiger partial charge in [0.15, 0.2) is 6.61 Å². The lowest BCUT2D eigenvalue weighted by Crippen LogP contribution is -2.50. The molecule has 0 aliphatic carbocycles. The molecule has 192 valence electrons. The molecule has 0 heterocycles. The van der Waals surface area contributed by atoms with Gasteiger partial charge in [-0.05, 0) is 69.1 Å². The fraction of sp³-hybridized carbons (Fsp3) is 0.481. The molecule has 1 atom stereocenters. The van der Waals surface area contributed by atoms with E-state index < -0.39 is 6.04 Å². The van der Waals surface area contributed by atoms with Crippen molar-refractivity contribution < 1.29 is 14.3 Å². The summed E-state index contributed by atoms with van der Waals surface area (Å²) in [6, 6.07) is 10.3. The molecule has 0 saturated carbocycles. The van der Waals surface area contributed by atoms with Crippen LogP contribution in [0.5, 0.6) is 5.75 Å². The lowest BCUT2D eigenvalue weighted by atomic mass is 9.87. The van der Waals surface area contributed by atoms with Gasteiger partial charge in [-0.3, -0.25) is 9.59 Å². The minimum atomic E-state index is -0.664. The van der Waals surface area contributed by atoms with Crippen molar-refractivity contribution in [2.45, 2.75) is 66.0 Å². The van der Waals surface area contributed by atoms with Crippen LogP contribution in [0.15, 0.2) is 40.9 Å². The van der Waals surface area contributed by atoms with Gasteiger partial charge in [0, 0.05) is 23.1 Å². The zero-order valence-electron chi connectivity index (χ0n) is 21.3. The highest BCUT2D eigenvalue weighted by molar-refractivity contribution is 9.10. The Morgan fingerprint density at radius 2 is 1.80 bits per heavy atom. The number of carbonyl (C=O) groups excluding carboxylic acids is 2. The Bertz CT molecular complexity index is 1040. The zero-order valence-corrected chi connectivity index (χ0v) is 24.4. The lowest BCUT2D eigenvalue weighted by Gasteiger charge is -2.31. The van der Waals surface area contributed by atoms with Crippen molar-refractivity contribution in [3.63, 3.8) is 0 Å². The normalized spacial score (nSPS) is 12.4. The molecule has 1 N–H and O–H groups in total. The number of hydrogen-bond donors (Lipinski definition) is 1. The average molecular weight is 586 g/mol. The molecule has 2 amide bonds. The Kier molecular flexibility index (Phi) is 10.9. The quantitative estimate of drug-likeness (QED) is 0.326. The van der Waals surface area contributed by atoms with Gasteiger partial charge in [0.05, 0.1) is 4.47 Å². The van der Waals surface area contributed by atoms with Crippen LogP contribution < -0.4 is 10.1 Å². The molecule has 0 saturated heterocycles. The number of carbonyl (C=O) groups is 2.